The maximum atomic E-state index is 5.76. The lowest BCUT2D eigenvalue weighted by molar-refractivity contribution is 0.715. The predicted octanol–water partition coefficient (Wildman–Crippen LogP) is 0.521. The molecule has 1 atom stereocenters. The SMILES string of the molecule is NCC(N)c1ccc2[nH]ccc2n1. The molecule has 13 heavy (non-hydrogen) atoms. The molecule has 0 radical (unpaired) electrons. The molecule has 0 amide bonds. The summed E-state index contributed by atoms with van der Waals surface area (Å²) in [4.78, 5) is 7.44. The summed E-state index contributed by atoms with van der Waals surface area (Å²) in [5, 5.41) is 0. The summed E-state index contributed by atoms with van der Waals surface area (Å²) in [6.45, 7) is 0.420. The van der Waals surface area contributed by atoms with E-state index in [0.717, 1.165) is 16.7 Å². The standard InChI is InChI=1S/C9H12N4/c10-5-6(11)7-1-2-8-9(13-7)3-4-12-8/h1-4,6,12H,5,10-11H2. The summed E-state index contributed by atoms with van der Waals surface area (Å²) in [5.74, 6) is 0. The van der Waals surface area contributed by atoms with Gasteiger partial charge in [0.05, 0.1) is 22.8 Å². The zero-order valence-corrected chi connectivity index (χ0v) is 7.20. The molecule has 0 fully saturated rings. The molecule has 2 aromatic rings. The Hall–Kier alpha value is -1.39. The highest BCUT2D eigenvalue weighted by Gasteiger charge is 2.05. The Morgan fingerprint density at radius 2 is 2.23 bits per heavy atom. The first-order valence-corrected chi connectivity index (χ1v) is 4.21. The van der Waals surface area contributed by atoms with E-state index in [0.29, 0.717) is 6.54 Å². The Kier molecular flexibility index (Phi) is 2.00. The summed E-state index contributed by atoms with van der Waals surface area (Å²) in [7, 11) is 0. The molecule has 1 unspecified atom stereocenters. The Morgan fingerprint density at radius 3 is 3.00 bits per heavy atom. The number of H-pyrrole nitrogens is 1. The van der Waals surface area contributed by atoms with E-state index in [2.05, 4.69) is 9.97 Å². The van der Waals surface area contributed by atoms with Crippen LogP contribution in [0.15, 0.2) is 24.4 Å². The van der Waals surface area contributed by atoms with Gasteiger partial charge in [0.1, 0.15) is 0 Å². The second-order valence-corrected chi connectivity index (χ2v) is 2.99. The lowest BCUT2D eigenvalue weighted by Gasteiger charge is -2.06. The second kappa shape index (κ2) is 3.16. The average molecular weight is 176 g/mol. The van der Waals surface area contributed by atoms with Gasteiger partial charge >= 0.3 is 0 Å². The minimum atomic E-state index is -0.167. The molecule has 0 saturated carbocycles. The molecule has 2 heterocycles. The highest BCUT2D eigenvalue weighted by Crippen LogP contribution is 2.13. The van der Waals surface area contributed by atoms with Crippen molar-refractivity contribution in [3.63, 3.8) is 0 Å². The third-order valence-corrected chi connectivity index (χ3v) is 2.06. The highest BCUT2D eigenvalue weighted by molar-refractivity contribution is 5.74. The number of aromatic nitrogens is 2. The number of pyridine rings is 1. The number of nitrogens with one attached hydrogen (secondary N) is 1. The number of hydrogen-bond donors (Lipinski definition) is 3. The molecule has 68 valence electrons. The molecule has 0 spiro atoms. The van der Waals surface area contributed by atoms with Gasteiger partial charge in [0.15, 0.2) is 0 Å². The van der Waals surface area contributed by atoms with E-state index in [1.807, 2.05) is 24.4 Å². The van der Waals surface area contributed by atoms with Crippen LogP contribution in [0.4, 0.5) is 0 Å². The van der Waals surface area contributed by atoms with Gasteiger partial charge in [-0.15, -0.1) is 0 Å². The summed E-state index contributed by atoms with van der Waals surface area (Å²) >= 11 is 0. The molecule has 5 N–H and O–H groups in total. The smallest absolute Gasteiger partial charge is 0.0882 e. The van der Waals surface area contributed by atoms with Crippen molar-refractivity contribution in [1.29, 1.82) is 0 Å². The third kappa shape index (κ3) is 1.41. The van der Waals surface area contributed by atoms with Crippen LogP contribution < -0.4 is 11.5 Å². The first-order chi connectivity index (χ1) is 6.31. The van der Waals surface area contributed by atoms with Gasteiger partial charge in [-0.2, -0.15) is 0 Å². The van der Waals surface area contributed by atoms with Crippen LogP contribution in [-0.4, -0.2) is 16.5 Å². The van der Waals surface area contributed by atoms with E-state index < -0.39 is 0 Å². The molecule has 0 saturated heterocycles. The molecule has 4 nitrogen and oxygen atoms in total. The van der Waals surface area contributed by atoms with Crippen molar-refractivity contribution in [2.24, 2.45) is 11.5 Å². The van der Waals surface area contributed by atoms with E-state index in [1.165, 1.54) is 0 Å². The Labute approximate surface area is 76.0 Å². The molecular weight excluding hydrogens is 164 g/mol. The van der Waals surface area contributed by atoms with Crippen molar-refractivity contribution >= 4 is 11.0 Å². The van der Waals surface area contributed by atoms with Crippen LogP contribution in [0, 0.1) is 0 Å². The monoisotopic (exact) mass is 176 g/mol. The quantitative estimate of drug-likeness (QED) is 0.624. The Balaban J connectivity index is 2.48. The van der Waals surface area contributed by atoms with E-state index in [9.17, 15) is 0 Å². The molecule has 0 aliphatic heterocycles. The first kappa shape index (κ1) is 8.22. The largest absolute Gasteiger partial charge is 0.360 e. The van der Waals surface area contributed by atoms with Crippen molar-refractivity contribution in [1.82, 2.24) is 9.97 Å². The zero-order valence-electron chi connectivity index (χ0n) is 7.20. The maximum Gasteiger partial charge on any atom is 0.0882 e. The lowest BCUT2D eigenvalue weighted by Crippen LogP contribution is -2.21. The van der Waals surface area contributed by atoms with Crippen LogP contribution in [0.5, 0.6) is 0 Å². The number of nitrogens with two attached hydrogens (primary N) is 2. The molecule has 4 heteroatoms. The fourth-order valence-electron chi connectivity index (χ4n) is 1.28. The van der Waals surface area contributed by atoms with E-state index >= 15 is 0 Å². The summed E-state index contributed by atoms with van der Waals surface area (Å²) in [6, 6.07) is 5.62. The first-order valence-electron chi connectivity index (χ1n) is 4.21. The van der Waals surface area contributed by atoms with E-state index in [-0.39, 0.29) is 6.04 Å². The maximum absolute atomic E-state index is 5.76. The molecule has 0 aromatic carbocycles. The molecule has 0 aliphatic rings. The number of nitrogens with zero attached hydrogens (tertiary/aromatic N) is 1. The highest BCUT2D eigenvalue weighted by atomic mass is 14.8. The van der Waals surface area contributed by atoms with Crippen molar-refractivity contribution < 1.29 is 0 Å². The summed E-state index contributed by atoms with van der Waals surface area (Å²) < 4.78 is 0. The van der Waals surface area contributed by atoms with Gasteiger partial charge < -0.3 is 16.5 Å². The molecule has 2 aromatic heterocycles. The predicted molar refractivity (Wildman–Crippen MR) is 52.1 cm³/mol. The van der Waals surface area contributed by atoms with Crippen LogP contribution in [-0.2, 0) is 0 Å². The van der Waals surface area contributed by atoms with E-state index in [4.69, 9.17) is 11.5 Å². The third-order valence-electron chi connectivity index (χ3n) is 2.06. The van der Waals surface area contributed by atoms with Crippen LogP contribution in [0.3, 0.4) is 0 Å². The zero-order chi connectivity index (χ0) is 9.26. The fraction of sp³-hybridized carbons (Fsp3) is 0.222. The molecule has 0 aliphatic carbocycles. The summed E-state index contributed by atoms with van der Waals surface area (Å²) in [5.41, 5.74) is 14.0. The van der Waals surface area contributed by atoms with Gasteiger partial charge in [-0.3, -0.25) is 0 Å². The number of fused-ring (bicyclic) bond motifs is 1. The fourth-order valence-corrected chi connectivity index (χ4v) is 1.28. The minimum Gasteiger partial charge on any atom is -0.360 e. The second-order valence-electron chi connectivity index (χ2n) is 2.99. The van der Waals surface area contributed by atoms with Gasteiger partial charge in [-0.25, -0.2) is 4.98 Å². The molecule has 2 rings (SSSR count). The number of rotatable bonds is 2. The van der Waals surface area contributed by atoms with Gasteiger partial charge in [0.25, 0.3) is 0 Å². The topological polar surface area (TPSA) is 80.7 Å². The van der Waals surface area contributed by atoms with Crippen molar-refractivity contribution in [3.8, 4) is 0 Å². The van der Waals surface area contributed by atoms with Gasteiger partial charge in [-0.05, 0) is 18.2 Å². The Bertz CT molecular complexity index is 407. The van der Waals surface area contributed by atoms with Gasteiger partial charge in [-0.1, -0.05) is 0 Å². The Morgan fingerprint density at radius 1 is 1.38 bits per heavy atom. The lowest BCUT2D eigenvalue weighted by atomic mass is 10.2. The van der Waals surface area contributed by atoms with Crippen LogP contribution in [0.25, 0.3) is 11.0 Å². The molecular formula is C9H12N4. The van der Waals surface area contributed by atoms with Crippen LogP contribution in [0.1, 0.15) is 11.7 Å². The normalized spacial score (nSPS) is 13.4. The van der Waals surface area contributed by atoms with Crippen LogP contribution >= 0.6 is 0 Å². The average Bonchev–Trinajstić information content (AvgIpc) is 2.63. The number of hydrogen-bond acceptors (Lipinski definition) is 3. The van der Waals surface area contributed by atoms with Crippen molar-refractivity contribution in [2.75, 3.05) is 6.54 Å². The van der Waals surface area contributed by atoms with Gasteiger partial charge in [0.2, 0.25) is 0 Å². The van der Waals surface area contributed by atoms with Crippen molar-refractivity contribution in [3.05, 3.63) is 30.1 Å². The van der Waals surface area contributed by atoms with Gasteiger partial charge in [0, 0.05) is 12.7 Å². The number of aromatic amines is 1. The van der Waals surface area contributed by atoms with Crippen molar-refractivity contribution in [2.45, 2.75) is 6.04 Å². The molecule has 0 bridgehead atoms. The summed E-state index contributed by atoms with van der Waals surface area (Å²) in [6.07, 6.45) is 1.86. The van der Waals surface area contributed by atoms with E-state index in [1.54, 1.807) is 0 Å². The minimum absolute atomic E-state index is 0.167. The van der Waals surface area contributed by atoms with Crippen LogP contribution in [0.2, 0.25) is 0 Å².